The van der Waals surface area contributed by atoms with Crippen molar-refractivity contribution in [3.8, 4) is 0 Å². The molecule has 3 rings (SSSR count). The van der Waals surface area contributed by atoms with Gasteiger partial charge >= 0.3 is 0 Å². The van der Waals surface area contributed by atoms with Crippen LogP contribution in [-0.2, 0) is 13.1 Å². The van der Waals surface area contributed by atoms with E-state index in [1.807, 2.05) is 7.05 Å². The fourth-order valence-corrected chi connectivity index (χ4v) is 4.45. The van der Waals surface area contributed by atoms with Crippen LogP contribution in [0, 0.1) is 11.8 Å². The number of hydrogen-bond donors (Lipinski definition) is 2. The van der Waals surface area contributed by atoms with E-state index in [9.17, 15) is 5.11 Å². The predicted molar refractivity (Wildman–Crippen MR) is 127 cm³/mol. The van der Waals surface area contributed by atoms with Crippen LogP contribution in [0.3, 0.4) is 0 Å². The molecular formula is C22H37IN4O. The summed E-state index contributed by atoms with van der Waals surface area (Å²) in [6, 6.07) is 8.90. The van der Waals surface area contributed by atoms with Crippen LogP contribution in [0.25, 0.3) is 0 Å². The van der Waals surface area contributed by atoms with Gasteiger partial charge in [0.05, 0.1) is 6.10 Å². The second-order valence-electron chi connectivity index (χ2n) is 8.58. The second kappa shape index (κ2) is 11.4. The van der Waals surface area contributed by atoms with E-state index in [4.69, 9.17) is 0 Å². The average Bonchev–Trinajstić information content (AvgIpc) is 2.65. The molecule has 0 bridgehead atoms. The van der Waals surface area contributed by atoms with Crippen molar-refractivity contribution in [2.75, 3.05) is 33.2 Å². The van der Waals surface area contributed by atoms with Crippen molar-refractivity contribution >= 4 is 29.9 Å². The molecule has 2 N–H and O–H groups in total. The molecule has 2 aliphatic rings. The monoisotopic (exact) mass is 500 g/mol. The van der Waals surface area contributed by atoms with E-state index in [-0.39, 0.29) is 30.1 Å². The maximum Gasteiger partial charge on any atom is 0.193 e. The van der Waals surface area contributed by atoms with Crippen molar-refractivity contribution in [2.24, 2.45) is 16.8 Å². The summed E-state index contributed by atoms with van der Waals surface area (Å²) >= 11 is 0. The van der Waals surface area contributed by atoms with Gasteiger partial charge < -0.3 is 15.3 Å². The van der Waals surface area contributed by atoms with Gasteiger partial charge in [-0.3, -0.25) is 9.89 Å². The summed E-state index contributed by atoms with van der Waals surface area (Å²) in [4.78, 5) is 9.33. The molecule has 6 heteroatoms. The molecule has 0 saturated carbocycles. The molecule has 0 aliphatic carbocycles. The molecule has 2 saturated heterocycles. The van der Waals surface area contributed by atoms with Crippen molar-refractivity contribution in [1.82, 2.24) is 15.1 Å². The van der Waals surface area contributed by atoms with E-state index < -0.39 is 0 Å². The number of aliphatic hydroxyl groups excluding tert-OH is 1. The molecule has 158 valence electrons. The first kappa shape index (κ1) is 23.4. The molecule has 1 aromatic carbocycles. The van der Waals surface area contributed by atoms with E-state index in [0.29, 0.717) is 0 Å². The van der Waals surface area contributed by atoms with E-state index in [1.54, 1.807) is 0 Å². The van der Waals surface area contributed by atoms with Gasteiger partial charge in [0.2, 0.25) is 0 Å². The Bertz CT molecular complexity index is 603. The van der Waals surface area contributed by atoms with Gasteiger partial charge in [0.1, 0.15) is 0 Å². The van der Waals surface area contributed by atoms with Gasteiger partial charge in [0.15, 0.2) is 5.96 Å². The Morgan fingerprint density at radius 2 is 1.64 bits per heavy atom. The van der Waals surface area contributed by atoms with Gasteiger partial charge in [0.25, 0.3) is 0 Å². The number of aliphatic hydroxyl groups is 1. The summed E-state index contributed by atoms with van der Waals surface area (Å²) in [7, 11) is 1.88. The highest BCUT2D eigenvalue weighted by Crippen LogP contribution is 2.21. The van der Waals surface area contributed by atoms with E-state index in [1.165, 1.54) is 17.5 Å². The van der Waals surface area contributed by atoms with Crippen LogP contribution < -0.4 is 5.32 Å². The molecule has 0 amide bonds. The zero-order chi connectivity index (χ0) is 19.2. The van der Waals surface area contributed by atoms with Gasteiger partial charge in [0, 0.05) is 46.3 Å². The summed E-state index contributed by atoms with van der Waals surface area (Å²) in [6.07, 6.45) is 3.00. The lowest BCUT2D eigenvalue weighted by Crippen LogP contribution is -2.48. The van der Waals surface area contributed by atoms with E-state index in [0.717, 1.165) is 69.9 Å². The predicted octanol–water partition coefficient (Wildman–Crippen LogP) is 3.31. The molecule has 2 fully saturated rings. The molecule has 5 nitrogen and oxygen atoms in total. The van der Waals surface area contributed by atoms with Crippen molar-refractivity contribution in [1.29, 1.82) is 0 Å². The molecule has 0 aromatic heterocycles. The lowest BCUT2D eigenvalue weighted by Gasteiger charge is -2.37. The Hall–Kier alpha value is -0.860. The Morgan fingerprint density at radius 3 is 2.21 bits per heavy atom. The maximum absolute atomic E-state index is 9.63. The largest absolute Gasteiger partial charge is 0.393 e. The van der Waals surface area contributed by atoms with Crippen molar-refractivity contribution in [3.05, 3.63) is 35.4 Å². The smallest absolute Gasteiger partial charge is 0.193 e. The molecular weight excluding hydrogens is 463 g/mol. The van der Waals surface area contributed by atoms with Gasteiger partial charge in [-0.2, -0.15) is 0 Å². The third kappa shape index (κ3) is 6.88. The number of likely N-dealkylation sites (tertiary alicyclic amines) is 2. The Labute approximate surface area is 187 Å². The average molecular weight is 500 g/mol. The highest BCUT2D eigenvalue weighted by Gasteiger charge is 2.24. The summed E-state index contributed by atoms with van der Waals surface area (Å²) in [5.41, 5.74) is 2.63. The van der Waals surface area contributed by atoms with Crippen molar-refractivity contribution in [2.45, 2.75) is 52.3 Å². The van der Waals surface area contributed by atoms with Gasteiger partial charge in [-0.05, 0) is 42.2 Å². The molecule has 2 heterocycles. The fourth-order valence-electron chi connectivity index (χ4n) is 4.45. The molecule has 1 aromatic rings. The number of halogens is 1. The lowest BCUT2D eigenvalue weighted by molar-refractivity contribution is 0.0792. The second-order valence-corrected chi connectivity index (χ2v) is 8.58. The zero-order valence-electron chi connectivity index (χ0n) is 17.6. The van der Waals surface area contributed by atoms with Crippen LogP contribution in [0.15, 0.2) is 29.3 Å². The summed E-state index contributed by atoms with van der Waals surface area (Å²) in [6.45, 7) is 10.6. The highest BCUT2D eigenvalue weighted by atomic mass is 127. The summed E-state index contributed by atoms with van der Waals surface area (Å²) in [5.74, 6) is 2.47. The maximum atomic E-state index is 9.63. The van der Waals surface area contributed by atoms with Crippen LogP contribution >= 0.6 is 24.0 Å². The number of nitrogens with zero attached hydrogens (tertiary/aromatic N) is 3. The van der Waals surface area contributed by atoms with E-state index in [2.05, 4.69) is 58.2 Å². The third-order valence-corrected chi connectivity index (χ3v) is 5.82. The quantitative estimate of drug-likeness (QED) is 0.379. The van der Waals surface area contributed by atoms with Crippen LogP contribution in [0.2, 0.25) is 0 Å². The first-order valence-electron chi connectivity index (χ1n) is 10.5. The lowest BCUT2D eigenvalue weighted by atomic mass is 9.92. The number of hydrogen-bond acceptors (Lipinski definition) is 3. The molecule has 0 spiro atoms. The van der Waals surface area contributed by atoms with E-state index >= 15 is 0 Å². The standard InChI is InChI=1S/C22H36N4O.HI/c1-17-12-18(2)15-26(14-17)22(23-3)24-13-19-4-6-20(7-5-19)16-25-10-8-21(27)9-11-25;/h4-7,17-18,21,27H,8-16H2,1-3H3,(H,23,24);1H. The normalized spacial score (nSPS) is 24.7. The fraction of sp³-hybridized carbons (Fsp3) is 0.682. The minimum absolute atomic E-state index is 0. The number of rotatable bonds is 4. The molecule has 2 unspecified atom stereocenters. The van der Waals surface area contributed by atoms with Crippen molar-refractivity contribution in [3.63, 3.8) is 0 Å². The van der Waals surface area contributed by atoms with Crippen LogP contribution in [0.5, 0.6) is 0 Å². The first-order valence-corrected chi connectivity index (χ1v) is 10.5. The number of benzene rings is 1. The topological polar surface area (TPSA) is 51.1 Å². The SMILES string of the molecule is CN=C(NCc1ccc(CN2CCC(O)CC2)cc1)N1CC(C)CC(C)C1.I. The van der Waals surface area contributed by atoms with Gasteiger partial charge in [-0.15, -0.1) is 24.0 Å². The molecule has 0 radical (unpaired) electrons. The van der Waals surface area contributed by atoms with Crippen LogP contribution in [0.4, 0.5) is 0 Å². The molecule has 2 atom stereocenters. The Kier molecular flexibility index (Phi) is 9.50. The summed E-state index contributed by atoms with van der Waals surface area (Å²) < 4.78 is 0. The molecule has 28 heavy (non-hydrogen) atoms. The Morgan fingerprint density at radius 1 is 1.07 bits per heavy atom. The van der Waals surface area contributed by atoms with Gasteiger partial charge in [-0.1, -0.05) is 38.1 Å². The number of piperidine rings is 2. The highest BCUT2D eigenvalue weighted by molar-refractivity contribution is 14.0. The first-order chi connectivity index (χ1) is 13.0. The minimum atomic E-state index is -0.102. The van der Waals surface area contributed by atoms with Crippen LogP contribution in [0.1, 0.15) is 44.2 Å². The van der Waals surface area contributed by atoms with Crippen LogP contribution in [-0.4, -0.2) is 60.2 Å². The Balaban J connectivity index is 0.00000280. The third-order valence-electron chi connectivity index (χ3n) is 5.82. The van der Waals surface area contributed by atoms with Gasteiger partial charge in [-0.25, -0.2) is 0 Å². The van der Waals surface area contributed by atoms with Crippen molar-refractivity contribution < 1.29 is 5.11 Å². The summed E-state index contributed by atoms with van der Waals surface area (Å²) in [5, 5.41) is 13.2. The number of nitrogens with one attached hydrogen (secondary N) is 1. The minimum Gasteiger partial charge on any atom is -0.393 e. The zero-order valence-corrected chi connectivity index (χ0v) is 19.9. The number of aliphatic imine (C=N–C) groups is 1. The number of guanidine groups is 1. The molecule has 2 aliphatic heterocycles.